The molecule has 6 heteroatoms. The van der Waals surface area contributed by atoms with Gasteiger partial charge in [0, 0.05) is 18.0 Å². The highest BCUT2D eigenvalue weighted by molar-refractivity contribution is 7.10. The summed E-state index contributed by atoms with van der Waals surface area (Å²) in [5, 5.41) is -0.108. The van der Waals surface area contributed by atoms with Gasteiger partial charge in [-0.3, -0.25) is 4.90 Å². The first-order chi connectivity index (χ1) is 12.4. The first kappa shape index (κ1) is 19.6. The number of carbonyl (C=O) groups excluding carboxylic acids is 1. The largest absolute Gasteiger partial charge is 0.449 e. The molecule has 4 nitrogen and oxygen atoms in total. The molecular weight excluding hydrogens is 351 g/mol. The third-order valence-electron chi connectivity index (χ3n) is 6.45. The van der Waals surface area contributed by atoms with Crippen molar-refractivity contribution in [3.8, 4) is 0 Å². The molecule has 1 saturated heterocycles. The predicted octanol–water partition coefficient (Wildman–Crippen LogP) is 4.85. The summed E-state index contributed by atoms with van der Waals surface area (Å²) in [4.78, 5) is 17.5. The van der Waals surface area contributed by atoms with Crippen LogP contribution >= 0.6 is 11.3 Å². The molecule has 0 radical (unpaired) electrons. The molecule has 146 valence electrons. The minimum absolute atomic E-state index is 0.0741. The zero-order valence-electron chi connectivity index (χ0n) is 16.2. The number of ether oxygens (including phenoxy) is 1. The molecule has 2 heterocycles. The van der Waals surface area contributed by atoms with Crippen molar-refractivity contribution >= 4 is 17.4 Å². The van der Waals surface area contributed by atoms with Crippen LogP contribution in [0.3, 0.4) is 0 Å². The van der Waals surface area contributed by atoms with Crippen LogP contribution in [0.15, 0.2) is 12.1 Å². The van der Waals surface area contributed by atoms with Crippen molar-refractivity contribution in [3.05, 3.63) is 22.1 Å². The van der Waals surface area contributed by atoms with E-state index < -0.39 is 0 Å². The van der Waals surface area contributed by atoms with Crippen LogP contribution in [0.5, 0.6) is 0 Å². The van der Waals surface area contributed by atoms with E-state index in [1.54, 1.807) is 6.07 Å². The highest BCUT2D eigenvalue weighted by atomic mass is 32.1. The minimum Gasteiger partial charge on any atom is -0.449 e. The van der Waals surface area contributed by atoms with Crippen LogP contribution in [0.4, 0.5) is 9.18 Å². The fourth-order valence-electron chi connectivity index (χ4n) is 4.57. The lowest BCUT2D eigenvalue weighted by Crippen LogP contribution is -2.47. The maximum atomic E-state index is 13.6. The number of likely N-dealkylation sites (tertiary alicyclic amines) is 1. The lowest BCUT2D eigenvalue weighted by atomic mass is 9.66. The highest BCUT2D eigenvalue weighted by Crippen LogP contribution is 2.52. The smallest absolute Gasteiger partial charge is 0.409 e. The van der Waals surface area contributed by atoms with Crippen LogP contribution in [0, 0.1) is 10.5 Å². The van der Waals surface area contributed by atoms with Crippen molar-refractivity contribution in [1.29, 1.82) is 0 Å². The summed E-state index contributed by atoms with van der Waals surface area (Å²) in [5.74, 6) is 0. The second-order valence-electron chi connectivity index (χ2n) is 8.17. The third kappa shape index (κ3) is 3.77. The van der Waals surface area contributed by atoms with Gasteiger partial charge in [0.1, 0.15) is 0 Å². The Bertz CT molecular complexity index is 623. The molecular formula is C20H31FN2O2S. The number of unbranched alkanes of at least 4 members (excludes halogenated alkanes) is 1. The number of carbonyl (C=O) groups is 1. The number of nitrogens with zero attached hydrogens (tertiary/aromatic N) is 2. The van der Waals surface area contributed by atoms with Crippen molar-refractivity contribution < 1.29 is 13.9 Å². The first-order valence-electron chi connectivity index (χ1n) is 9.76. The number of hydrogen-bond acceptors (Lipinski definition) is 4. The number of amides is 1. The molecule has 1 saturated carbocycles. The molecule has 0 unspecified atom stereocenters. The van der Waals surface area contributed by atoms with E-state index in [1.165, 1.54) is 11.3 Å². The number of thiophene rings is 1. The normalized spacial score (nSPS) is 28.9. The molecule has 0 atom stereocenters. The average Bonchev–Trinajstić information content (AvgIpc) is 3.23. The van der Waals surface area contributed by atoms with Gasteiger partial charge in [-0.25, -0.2) is 4.79 Å². The van der Waals surface area contributed by atoms with Gasteiger partial charge in [0.05, 0.1) is 12.1 Å². The molecule has 1 aromatic heterocycles. The zero-order valence-corrected chi connectivity index (χ0v) is 17.0. The molecule has 0 bridgehead atoms. The molecule has 2 fully saturated rings. The van der Waals surface area contributed by atoms with Gasteiger partial charge in [-0.2, -0.15) is 4.39 Å². The zero-order chi connectivity index (χ0) is 18.8. The van der Waals surface area contributed by atoms with Crippen LogP contribution in [0.2, 0.25) is 0 Å². The van der Waals surface area contributed by atoms with Crippen LogP contribution in [-0.2, 0) is 10.3 Å². The fraction of sp³-hybridized carbons (Fsp3) is 0.750. The summed E-state index contributed by atoms with van der Waals surface area (Å²) in [6.45, 7) is 4.22. The first-order valence-corrected chi connectivity index (χ1v) is 10.6. The Kier molecular flexibility index (Phi) is 5.92. The Hall–Kier alpha value is -1.14. The summed E-state index contributed by atoms with van der Waals surface area (Å²) in [6.07, 6.45) is 7.03. The van der Waals surface area contributed by atoms with Crippen LogP contribution in [0.25, 0.3) is 0 Å². The van der Waals surface area contributed by atoms with Gasteiger partial charge >= 0.3 is 6.09 Å². The minimum atomic E-state index is -0.153. The second kappa shape index (κ2) is 7.85. The summed E-state index contributed by atoms with van der Waals surface area (Å²) in [5.41, 5.74) is 0.133. The summed E-state index contributed by atoms with van der Waals surface area (Å²) in [7, 11) is 4.20. The van der Waals surface area contributed by atoms with Gasteiger partial charge < -0.3 is 9.64 Å². The molecule has 26 heavy (non-hydrogen) atoms. The van der Waals surface area contributed by atoms with E-state index in [-0.39, 0.29) is 22.2 Å². The second-order valence-corrected chi connectivity index (χ2v) is 9.20. The van der Waals surface area contributed by atoms with Crippen molar-refractivity contribution in [3.63, 3.8) is 0 Å². The van der Waals surface area contributed by atoms with Crippen LogP contribution < -0.4 is 0 Å². The van der Waals surface area contributed by atoms with Gasteiger partial charge in [-0.15, -0.1) is 11.3 Å². The molecule has 1 aliphatic carbocycles. The summed E-state index contributed by atoms with van der Waals surface area (Å²) < 4.78 is 19.0. The molecule has 2 aliphatic rings. The van der Waals surface area contributed by atoms with E-state index in [1.807, 2.05) is 11.0 Å². The third-order valence-corrected chi connectivity index (χ3v) is 7.51. The van der Waals surface area contributed by atoms with E-state index in [2.05, 4.69) is 25.9 Å². The van der Waals surface area contributed by atoms with E-state index in [0.717, 1.165) is 62.9 Å². The van der Waals surface area contributed by atoms with Gasteiger partial charge in [0.25, 0.3) is 0 Å². The standard InChI is InChI=1S/C20H31FN2O2S/c1-4-5-14-25-18(24)23-13-12-19(15-23)8-10-20(11-9-19,22(2)3)16-6-7-17(21)26-16/h6-7H,4-5,8-15H2,1-3H3. The van der Waals surface area contributed by atoms with Crippen molar-refractivity contribution in [2.75, 3.05) is 33.8 Å². The lowest BCUT2D eigenvalue weighted by Gasteiger charge is -2.48. The Morgan fingerprint density at radius 2 is 2.00 bits per heavy atom. The van der Waals surface area contributed by atoms with E-state index in [0.29, 0.717) is 6.61 Å². The number of hydrogen-bond donors (Lipinski definition) is 0. The Morgan fingerprint density at radius 3 is 2.58 bits per heavy atom. The van der Waals surface area contributed by atoms with Crippen molar-refractivity contribution in [2.24, 2.45) is 5.41 Å². The molecule has 3 rings (SSSR count). The van der Waals surface area contributed by atoms with Crippen LogP contribution in [0.1, 0.15) is 56.7 Å². The average molecular weight is 383 g/mol. The van der Waals surface area contributed by atoms with E-state index >= 15 is 0 Å². The number of halogens is 1. The fourth-order valence-corrected chi connectivity index (χ4v) is 5.63. The van der Waals surface area contributed by atoms with Gasteiger partial charge in [-0.05, 0) is 70.2 Å². The Morgan fingerprint density at radius 1 is 1.27 bits per heavy atom. The maximum absolute atomic E-state index is 13.6. The Balaban J connectivity index is 1.63. The molecule has 0 aromatic carbocycles. The lowest BCUT2D eigenvalue weighted by molar-refractivity contribution is 0.0391. The SMILES string of the molecule is CCCCOC(=O)N1CCC2(CCC(c3ccc(F)s3)(N(C)C)CC2)C1. The molecule has 1 spiro atoms. The summed E-state index contributed by atoms with van der Waals surface area (Å²) in [6, 6.07) is 3.53. The van der Waals surface area contributed by atoms with Crippen molar-refractivity contribution in [2.45, 2.75) is 57.4 Å². The highest BCUT2D eigenvalue weighted by Gasteiger charge is 2.49. The van der Waals surface area contributed by atoms with Crippen molar-refractivity contribution in [1.82, 2.24) is 9.80 Å². The predicted molar refractivity (Wildman–Crippen MR) is 103 cm³/mol. The topological polar surface area (TPSA) is 32.8 Å². The summed E-state index contributed by atoms with van der Waals surface area (Å²) >= 11 is 1.28. The van der Waals surface area contributed by atoms with Gasteiger partial charge in [0.15, 0.2) is 5.13 Å². The van der Waals surface area contributed by atoms with E-state index in [4.69, 9.17) is 4.74 Å². The molecule has 1 aromatic rings. The number of rotatable bonds is 5. The Labute approximate surface area is 160 Å². The monoisotopic (exact) mass is 382 g/mol. The molecule has 0 N–H and O–H groups in total. The molecule has 1 aliphatic heterocycles. The van der Waals surface area contributed by atoms with Gasteiger partial charge in [-0.1, -0.05) is 13.3 Å². The maximum Gasteiger partial charge on any atom is 0.409 e. The van der Waals surface area contributed by atoms with Crippen LogP contribution in [-0.4, -0.2) is 49.7 Å². The molecule has 1 amide bonds. The quantitative estimate of drug-likeness (QED) is 0.683. The van der Waals surface area contributed by atoms with E-state index in [9.17, 15) is 9.18 Å². The van der Waals surface area contributed by atoms with Gasteiger partial charge in [0.2, 0.25) is 0 Å².